The first kappa shape index (κ1) is 12.2. The third kappa shape index (κ3) is 2.90. The Balaban J connectivity index is 2.00. The molecule has 1 N–H and O–H groups in total. The molecule has 1 aromatic rings. The minimum Gasteiger partial charge on any atom is -0.381 e. The van der Waals surface area contributed by atoms with Crippen LogP contribution >= 0.6 is 27.5 Å². The van der Waals surface area contributed by atoms with Crippen LogP contribution in [0.5, 0.6) is 0 Å². The Morgan fingerprint density at radius 1 is 1.56 bits per heavy atom. The molecule has 4 heteroatoms. The van der Waals surface area contributed by atoms with E-state index < -0.39 is 0 Å². The SMILES string of the molecule is Cc1cc(Br)c(NCC2CCCO2)cc1Cl. The number of halogens is 2. The third-order valence-corrected chi connectivity index (χ3v) is 3.86. The highest BCUT2D eigenvalue weighted by Crippen LogP contribution is 2.29. The fraction of sp³-hybridized carbons (Fsp3) is 0.500. The van der Waals surface area contributed by atoms with Crippen LogP contribution < -0.4 is 5.32 Å². The molecule has 0 aliphatic carbocycles. The molecule has 0 radical (unpaired) electrons. The van der Waals surface area contributed by atoms with Gasteiger partial charge in [0, 0.05) is 22.6 Å². The van der Waals surface area contributed by atoms with Gasteiger partial charge >= 0.3 is 0 Å². The molecule has 1 heterocycles. The molecule has 1 aliphatic rings. The van der Waals surface area contributed by atoms with Crippen LogP contribution in [0, 0.1) is 6.92 Å². The first-order valence-corrected chi connectivity index (χ1v) is 6.65. The zero-order valence-electron chi connectivity index (χ0n) is 9.22. The highest BCUT2D eigenvalue weighted by Gasteiger charge is 2.15. The van der Waals surface area contributed by atoms with Crippen molar-refractivity contribution in [3.05, 3.63) is 27.2 Å². The lowest BCUT2D eigenvalue weighted by molar-refractivity contribution is 0.120. The van der Waals surface area contributed by atoms with Crippen LogP contribution in [0.4, 0.5) is 5.69 Å². The topological polar surface area (TPSA) is 21.3 Å². The summed E-state index contributed by atoms with van der Waals surface area (Å²) in [5, 5.41) is 4.16. The second-order valence-electron chi connectivity index (χ2n) is 4.10. The first-order valence-electron chi connectivity index (χ1n) is 5.48. The van der Waals surface area contributed by atoms with Crippen molar-refractivity contribution in [1.82, 2.24) is 0 Å². The predicted molar refractivity (Wildman–Crippen MR) is 71.4 cm³/mol. The van der Waals surface area contributed by atoms with Crippen LogP contribution in [0.25, 0.3) is 0 Å². The Morgan fingerprint density at radius 3 is 3.06 bits per heavy atom. The van der Waals surface area contributed by atoms with Gasteiger partial charge in [-0.3, -0.25) is 0 Å². The van der Waals surface area contributed by atoms with E-state index in [0.717, 1.165) is 40.3 Å². The van der Waals surface area contributed by atoms with E-state index in [-0.39, 0.29) is 0 Å². The summed E-state index contributed by atoms with van der Waals surface area (Å²) >= 11 is 9.62. The van der Waals surface area contributed by atoms with Crippen molar-refractivity contribution in [2.75, 3.05) is 18.5 Å². The second-order valence-corrected chi connectivity index (χ2v) is 5.36. The summed E-state index contributed by atoms with van der Waals surface area (Å²) in [5.41, 5.74) is 2.11. The van der Waals surface area contributed by atoms with Crippen molar-refractivity contribution in [2.24, 2.45) is 0 Å². The van der Waals surface area contributed by atoms with E-state index in [9.17, 15) is 0 Å². The fourth-order valence-corrected chi connectivity index (χ4v) is 2.57. The summed E-state index contributed by atoms with van der Waals surface area (Å²) in [6, 6.07) is 3.98. The third-order valence-electron chi connectivity index (χ3n) is 2.79. The van der Waals surface area contributed by atoms with Gasteiger partial charge in [-0.25, -0.2) is 0 Å². The monoisotopic (exact) mass is 303 g/mol. The summed E-state index contributed by atoms with van der Waals surface area (Å²) in [6.07, 6.45) is 2.65. The smallest absolute Gasteiger partial charge is 0.0748 e. The van der Waals surface area contributed by atoms with Gasteiger partial charge in [0.05, 0.1) is 11.8 Å². The number of hydrogen-bond donors (Lipinski definition) is 1. The van der Waals surface area contributed by atoms with E-state index in [1.54, 1.807) is 0 Å². The molecule has 88 valence electrons. The molecular weight excluding hydrogens is 289 g/mol. The van der Waals surface area contributed by atoms with Gasteiger partial charge in [0.25, 0.3) is 0 Å². The number of benzene rings is 1. The van der Waals surface area contributed by atoms with Gasteiger partial charge in [0.15, 0.2) is 0 Å². The molecule has 1 atom stereocenters. The van der Waals surface area contributed by atoms with Crippen LogP contribution in [0.15, 0.2) is 16.6 Å². The van der Waals surface area contributed by atoms with Crippen molar-refractivity contribution in [3.63, 3.8) is 0 Å². The number of anilines is 1. The Hall–Kier alpha value is -0.250. The number of hydrogen-bond acceptors (Lipinski definition) is 2. The standard InChI is InChI=1S/C12H15BrClNO/c1-8-5-10(13)12(6-11(8)14)15-7-9-3-2-4-16-9/h5-6,9,15H,2-4,7H2,1H3. The second kappa shape index (κ2) is 5.39. The average molecular weight is 305 g/mol. The van der Waals surface area contributed by atoms with Gasteiger partial charge in [0.2, 0.25) is 0 Å². The van der Waals surface area contributed by atoms with Crippen molar-refractivity contribution >= 4 is 33.2 Å². The van der Waals surface area contributed by atoms with Gasteiger partial charge in [-0.05, 0) is 53.4 Å². The number of aryl methyl sites for hydroxylation is 1. The number of nitrogens with one attached hydrogen (secondary N) is 1. The molecule has 1 aromatic carbocycles. The fourth-order valence-electron chi connectivity index (χ4n) is 1.81. The first-order chi connectivity index (χ1) is 7.66. The van der Waals surface area contributed by atoms with E-state index in [4.69, 9.17) is 16.3 Å². The van der Waals surface area contributed by atoms with Gasteiger partial charge in [-0.15, -0.1) is 0 Å². The Bertz CT molecular complexity index is 378. The quantitative estimate of drug-likeness (QED) is 0.911. The average Bonchev–Trinajstić information content (AvgIpc) is 2.74. The highest BCUT2D eigenvalue weighted by atomic mass is 79.9. The molecule has 0 aromatic heterocycles. The van der Waals surface area contributed by atoms with E-state index in [1.807, 2.05) is 19.1 Å². The molecule has 2 rings (SSSR count). The van der Waals surface area contributed by atoms with E-state index in [2.05, 4.69) is 21.2 Å². The number of rotatable bonds is 3. The summed E-state index contributed by atoms with van der Waals surface area (Å²) in [7, 11) is 0. The maximum Gasteiger partial charge on any atom is 0.0748 e. The lowest BCUT2D eigenvalue weighted by atomic mass is 10.2. The molecule has 0 saturated carbocycles. The predicted octanol–water partition coefficient (Wildman–Crippen LogP) is 4.00. The van der Waals surface area contributed by atoms with Gasteiger partial charge < -0.3 is 10.1 Å². The van der Waals surface area contributed by atoms with Crippen LogP contribution in [0.1, 0.15) is 18.4 Å². The largest absolute Gasteiger partial charge is 0.381 e. The molecule has 16 heavy (non-hydrogen) atoms. The minimum absolute atomic E-state index is 0.340. The van der Waals surface area contributed by atoms with Crippen LogP contribution in [0.3, 0.4) is 0 Å². The summed E-state index contributed by atoms with van der Waals surface area (Å²) in [5.74, 6) is 0. The lowest BCUT2D eigenvalue weighted by Gasteiger charge is -2.14. The van der Waals surface area contributed by atoms with Gasteiger partial charge in [-0.2, -0.15) is 0 Å². The van der Waals surface area contributed by atoms with Crippen LogP contribution in [-0.4, -0.2) is 19.3 Å². The van der Waals surface area contributed by atoms with Gasteiger partial charge in [-0.1, -0.05) is 11.6 Å². The Morgan fingerprint density at radius 2 is 2.38 bits per heavy atom. The summed E-state index contributed by atoms with van der Waals surface area (Å²) in [6.45, 7) is 3.73. The van der Waals surface area contributed by atoms with Crippen molar-refractivity contribution < 1.29 is 4.74 Å². The molecule has 1 saturated heterocycles. The van der Waals surface area contributed by atoms with E-state index in [1.165, 1.54) is 6.42 Å². The summed E-state index contributed by atoms with van der Waals surface area (Å²) in [4.78, 5) is 0. The van der Waals surface area contributed by atoms with Crippen LogP contribution in [-0.2, 0) is 4.74 Å². The maximum atomic E-state index is 6.09. The lowest BCUT2D eigenvalue weighted by Crippen LogP contribution is -2.18. The maximum absolute atomic E-state index is 6.09. The highest BCUT2D eigenvalue weighted by molar-refractivity contribution is 9.10. The molecule has 2 nitrogen and oxygen atoms in total. The molecule has 1 fully saturated rings. The number of ether oxygens (including phenoxy) is 1. The normalized spacial score (nSPS) is 20.1. The van der Waals surface area contributed by atoms with E-state index in [0.29, 0.717) is 6.10 Å². The Labute approximate surface area is 109 Å². The Kier molecular flexibility index (Phi) is 4.11. The molecule has 0 spiro atoms. The van der Waals surface area contributed by atoms with Gasteiger partial charge in [0.1, 0.15) is 0 Å². The molecule has 1 aliphatic heterocycles. The molecule has 1 unspecified atom stereocenters. The zero-order chi connectivity index (χ0) is 11.5. The van der Waals surface area contributed by atoms with Crippen molar-refractivity contribution in [3.8, 4) is 0 Å². The zero-order valence-corrected chi connectivity index (χ0v) is 11.6. The summed E-state index contributed by atoms with van der Waals surface area (Å²) < 4.78 is 6.61. The molecule has 0 amide bonds. The van der Waals surface area contributed by atoms with Crippen molar-refractivity contribution in [2.45, 2.75) is 25.9 Å². The molecular formula is C12H15BrClNO. The molecule has 0 bridgehead atoms. The van der Waals surface area contributed by atoms with E-state index >= 15 is 0 Å². The minimum atomic E-state index is 0.340. The van der Waals surface area contributed by atoms with Crippen LogP contribution in [0.2, 0.25) is 5.02 Å². The van der Waals surface area contributed by atoms with Crippen molar-refractivity contribution in [1.29, 1.82) is 0 Å².